The van der Waals surface area contributed by atoms with E-state index < -0.39 is 5.41 Å². The van der Waals surface area contributed by atoms with E-state index >= 15 is 0 Å². The topological polar surface area (TPSA) is 11.4 Å². The summed E-state index contributed by atoms with van der Waals surface area (Å²) in [5, 5.41) is 17.7. The van der Waals surface area contributed by atoms with E-state index in [9.17, 15) is 0 Å². The van der Waals surface area contributed by atoms with Crippen molar-refractivity contribution in [1.82, 2.24) is 4.57 Å². The lowest BCUT2D eigenvalue weighted by Crippen LogP contribution is -2.28. The van der Waals surface area contributed by atoms with Crippen LogP contribution >= 0.6 is 0 Å². The molecule has 0 bridgehead atoms. The Kier molecular flexibility index (Phi) is 16.9. The molecule has 0 amide bonds. The van der Waals surface area contributed by atoms with Crippen LogP contribution in [0, 0.1) is 0 Å². The predicted octanol–water partition coefficient (Wildman–Crippen LogP) is 33.6. The van der Waals surface area contributed by atoms with Crippen LogP contribution in [-0.2, 0) is 10.8 Å². The van der Waals surface area contributed by atoms with Crippen molar-refractivity contribution < 1.29 is 0 Å². The number of hydrogen-bond donors (Lipinski definition) is 0. The van der Waals surface area contributed by atoms with Gasteiger partial charge in [-0.25, -0.2) is 0 Å². The molecule has 0 aliphatic heterocycles. The fourth-order valence-electron chi connectivity index (χ4n) is 21.8. The number of hydrogen-bond acceptors (Lipinski definition) is 2. The first kappa shape index (κ1) is 73.5. The molecule has 0 N–H and O–H groups in total. The highest BCUT2D eigenvalue weighted by molar-refractivity contribution is 6.28. The van der Waals surface area contributed by atoms with Gasteiger partial charge in [-0.15, -0.1) is 0 Å². The number of fused-ring (bicyclic) bond motifs is 21. The summed E-state index contributed by atoms with van der Waals surface area (Å²) in [5.41, 5.74) is 33.3. The average molecular weight is 1620 g/mol. The van der Waals surface area contributed by atoms with Gasteiger partial charge in [0.05, 0.1) is 16.4 Å². The first-order chi connectivity index (χ1) is 62.7. The van der Waals surface area contributed by atoms with E-state index in [4.69, 9.17) is 0 Å². The smallest absolute Gasteiger partial charge is 0.0713 e. The molecule has 0 fully saturated rings. The quantitative estimate of drug-likeness (QED) is 0.101. The van der Waals surface area contributed by atoms with Crippen molar-refractivity contribution in [2.75, 3.05) is 9.80 Å². The van der Waals surface area contributed by atoms with Crippen molar-refractivity contribution in [1.29, 1.82) is 0 Å². The van der Waals surface area contributed by atoms with Crippen molar-refractivity contribution >= 4 is 121 Å². The van der Waals surface area contributed by atoms with Crippen LogP contribution in [0.15, 0.2) is 467 Å². The Bertz CT molecular complexity index is 8260. The van der Waals surface area contributed by atoms with Gasteiger partial charge < -0.3 is 14.4 Å². The Morgan fingerprint density at radius 2 is 0.472 bits per heavy atom. The van der Waals surface area contributed by atoms with Crippen LogP contribution in [-0.4, -0.2) is 4.57 Å². The molecule has 2 aliphatic rings. The molecule has 127 heavy (non-hydrogen) atoms. The van der Waals surface area contributed by atoms with Gasteiger partial charge in [0, 0.05) is 56.0 Å². The number of nitrogens with zero attached hydrogens (tertiary/aromatic N) is 3. The van der Waals surface area contributed by atoms with Crippen LogP contribution in [0.3, 0.4) is 0 Å². The average Bonchev–Trinajstić information content (AvgIpc) is 1.63. The summed E-state index contributed by atoms with van der Waals surface area (Å²) in [5.74, 6) is 0. The summed E-state index contributed by atoms with van der Waals surface area (Å²) in [6, 6.07) is 175. The molecule has 0 radical (unpaired) electrons. The summed E-state index contributed by atoms with van der Waals surface area (Å²) in [7, 11) is 0. The van der Waals surface area contributed by atoms with Gasteiger partial charge in [0.15, 0.2) is 0 Å². The molecule has 1 aromatic heterocycles. The third-order valence-corrected chi connectivity index (χ3v) is 27.8. The lowest BCUT2D eigenvalue weighted by atomic mass is 9.67. The summed E-state index contributed by atoms with van der Waals surface area (Å²) in [4.78, 5) is 4.90. The molecular formula is C124H83N3. The number of benzene rings is 22. The first-order valence-corrected chi connectivity index (χ1v) is 44.2. The van der Waals surface area contributed by atoms with Crippen LogP contribution in [0.25, 0.3) is 170 Å². The predicted molar refractivity (Wildman–Crippen MR) is 537 cm³/mol. The largest absolute Gasteiger partial charge is 0.310 e. The molecule has 0 spiro atoms. The maximum Gasteiger partial charge on any atom is 0.0713 e. The van der Waals surface area contributed by atoms with E-state index in [2.05, 4.69) is 495 Å². The monoisotopic (exact) mass is 1610 g/mol. The molecule has 2 aliphatic carbocycles. The van der Waals surface area contributed by atoms with Gasteiger partial charge in [-0.2, -0.15) is 0 Å². The Labute approximate surface area is 738 Å². The van der Waals surface area contributed by atoms with Crippen LogP contribution in [0.5, 0.6) is 0 Å². The van der Waals surface area contributed by atoms with Gasteiger partial charge in [-0.05, 0) is 309 Å². The number of para-hydroxylation sites is 2. The van der Waals surface area contributed by atoms with Gasteiger partial charge in [0.25, 0.3) is 0 Å². The zero-order chi connectivity index (χ0) is 84.0. The molecular weight excluding hydrogens is 1530 g/mol. The fourth-order valence-corrected chi connectivity index (χ4v) is 21.8. The second-order valence-electron chi connectivity index (χ2n) is 34.9. The second-order valence-corrected chi connectivity index (χ2v) is 34.9. The molecule has 3 heteroatoms. The van der Waals surface area contributed by atoms with Crippen molar-refractivity contribution in [3.63, 3.8) is 0 Å². The van der Waals surface area contributed by atoms with Gasteiger partial charge in [0.2, 0.25) is 0 Å². The summed E-state index contributed by atoms with van der Waals surface area (Å²) in [6.45, 7) is 4.82. The van der Waals surface area contributed by atoms with Crippen LogP contribution < -0.4 is 9.80 Å². The Morgan fingerprint density at radius 1 is 0.173 bits per heavy atom. The molecule has 3 nitrogen and oxygen atoms in total. The zero-order valence-corrected chi connectivity index (χ0v) is 70.3. The lowest BCUT2D eigenvalue weighted by molar-refractivity contribution is 0.661. The molecule has 23 aromatic rings. The number of rotatable bonds is 14. The maximum absolute atomic E-state index is 2.57. The normalized spacial score (nSPS) is 13.7. The molecule has 0 saturated heterocycles. The Hall–Kier alpha value is -16.2. The highest BCUT2D eigenvalue weighted by Crippen LogP contribution is 2.60. The standard InChI is InChI=1S/C124H83N3/c1-123(2)117-69-67-97(74-112(117)114-76-108-103-40-19-15-36-99(103)101-38-17-21-42-105(101)110(108)78-119(114)123)125(96-65-54-86(55-66-96)89-56-71-122-116(73-89)107-44-23-24-45-121(107)127(122)92-34-13-6-14-35-92)95-63-52-85(53-64-95)88-31-25-30-87(72-88)84-46-57-91(58-47-84)124(90-32-11-5-12-33-90)118-70-68-98(75-113(118)115-77-109-104-41-20-16-37-100(104)102-39-18-22-43-106(102)111(109)79-120(115)124)126(93-59-48-82(49-60-93)80-26-7-3-8-27-80)94-61-50-83(51-62-94)81-28-9-4-10-29-81/h3-79H,1-2H3. The van der Waals surface area contributed by atoms with Crippen molar-refractivity contribution in [3.05, 3.63) is 500 Å². The van der Waals surface area contributed by atoms with E-state index in [-0.39, 0.29) is 5.41 Å². The highest BCUT2D eigenvalue weighted by atomic mass is 15.1. The van der Waals surface area contributed by atoms with Crippen molar-refractivity contribution in [2.24, 2.45) is 0 Å². The number of aromatic nitrogens is 1. The van der Waals surface area contributed by atoms with Crippen molar-refractivity contribution in [3.8, 4) is 83.6 Å². The Balaban J connectivity index is 0.604. The van der Waals surface area contributed by atoms with Crippen LogP contribution in [0.4, 0.5) is 34.1 Å². The minimum Gasteiger partial charge on any atom is -0.310 e. The summed E-state index contributed by atoms with van der Waals surface area (Å²) >= 11 is 0. The molecule has 1 heterocycles. The third-order valence-electron chi connectivity index (χ3n) is 27.8. The fraction of sp³-hybridized carbons (Fsp3) is 0.0323. The summed E-state index contributed by atoms with van der Waals surface area (Å²) in [6.07, 6.45) is 0. The third kappa shape index (κ3) is 11.7. The lowest BCUT2D eigenvalue weighted by Gasteiger charge is -2.34. The molecule has 22 aromatic carbocycles. The molecule has 0 saturated carbocycles. The summed E-state index contributed by atoms with van der Waals surface area (Å²) < 4.78 is 2.39. The van der Waals surface area contributed by atoms with E-state index in [1.807, 2.05) is 0 Å². The first-order valence-electron chi connectivity index (χ1n) is 44.2. The highest BCUT2D eigenvalue weighted by Gasteiger charge is 2.47. The second kappa shape index (κ2) is 29.2. The SMILES string of the molecule is CC1(C)c2ccc(N(c3ccc(-c4cccc(-c5ccc(C6(c7ccccc7)c7ccc(N(c8ccc(-c9ccccc9)cc8)c8ccc(-c9ccccc9)cc8)cc7-c7cc8c9ccccc9c9ccccc9c8cc76)cc5)c4)cc3)c3ccc(-c4ccc5c(c4)c4ccccc4n5-c4ccccc4)cc3)cc2-c2cc3c4ccccc4c4ccccc4c3cc21. The van der Waals surface area contributed by atoms with E-state index in [0.29, 0.717) is 0 Å². The van der Waals surface area contributed by atoms with Crippen LogP contribution in [0.1, 0.15) is 47.2 Å². The van der Waals surface area contributed by atoms with E-state index in [1.54, 1.807) is 0 Å². The molecule has 1 atom stereocenters. The molecule has 25 rings (SSSR count). The van der Waals surface area contributed by atoms with E-state index in [0.717, 1.165) is 67.6 Å². The number of anilines is 6. The van der Waals surface area contributed by atoms with Gasteiger partial charge in [0.1, 0.15) is 0 Å². The van der Waals surface area contributed by atoms with E-state index in [1.165, 1.54) is 170 Å². The van der Waals surface area contributed by atoms with Gasteiger partial charge >= 0.3 is 0 Å². The minimum atomic E-state index is -0.731. The zero-order valence-electron chi connectivity index (χ0n) is 70.3. The van der Waals surface area contributed by atoms with Crippen molar-refractivity contribution in [2.45, 2.75) is 24.7 Å². The van der Waals surface area contributed by atoms with Gasteiger partial charge in [-0.3, -0.25) is 0 Å². The van der Waals surface area contributed by atoms with Crippen LogP contribution in [0.2, 0.25) is 0 Å². The molecule has 594 valence electrons. The Morgan fingerprint density at radius 3 is 0.937 bits per heavy atom. The molecule has 1 unspecified atom stereocenters. The minimum absolute atomic E-state index is 0.240. The maximum atomic E-state index is 2.57. The van der Waals surface area contributed by atoms with Gasteiger partial charge in [-0.1, -0.05) is 347 Å².